The van der Waals surface area contributed by atoms with Gasteiger partial charge in [0.15, 0.2) is 7.14 Å². The molecule has 0 aliphatic carbocycles. The van der Waals surface area contributed by atoms with Gasteiger partial charge >= 0.3 is 0 Å². The van der Waals surface area contributed by atoms with E-state index in [0.29, 0.717) is 0 Å². The summed E-state index contributed by atoms with van der Waals surface area (Å²) in [5, 5.41) is 9.48. The molecular formula is C39H26NOP. The van der Waals surface area contributed by atoms with Crippen LogP contribution in [0.4, 0.5) is 0 Å². The van der Waals surface area contributed by atoms with Crippen LogP contribution in [0.3, 0.4) is 0 Å². The molecule has 0 aliphatic heterocycles. The molecule has 7 aromatic carbocycles. The maximum Gasteiger partial charge on any atom is 0.171 e. The summed E-state index contributed by atoms with van der Waals surface area (Å²) >= 11 is 0. The number of rotatable bonds is 4. The van der Waals surface area contributed by atoms with Crippen molar-refractivity contribution in [2.24, 2.45) is 0 Å². The summed E-state index contributed by atoms with van der Waals surface area (Å²) in [6, 6.07) is 53.7. The molecule has 42 heavy (non-hydrogen) atoms. The highest BCUT2D eigenvalue weighted by Gasteiger charge is 2.29. The Balaban J connectivity index is 1.44. The van der Waals surface area contributed by atoms with E-state index in [2.05, 4.69) is 97.1 Å². The van der Waals surface area contributed by atoms with Crippen LogP contribution in [0, 0.1) is 0 Å². The fraction of sp³-hybridized carbons (Fsp3) is 0. The molecule has 0 bridgehead atoms. The van der Waals surface area contributed by atoms with Crippen LogP contribution in [-0.2, 0) is 4.57 Å². The third-order valence-corrected chi connectivity index (χ3v) is 11.4. The first kappa shape index (κ1) is 24.7. The highest BCUT2D eigenvalue weighted by molar-refractivity contribution is 7.85. The van der Waals surface area contributed by atoms with E-state index in [0.717, 1.165) is 48.8 Å². The number of hydrogen-bond acceptors (Lipinski definition) is 2. The Morgan fingerprint density at radius 1 is 0.405 bits per heavy atom. The van der Waals surface area contributed by atoms with Crippen molar-refractivity contribution >= 4 is 66.4 Å². The summed E-state index contributed by atoms with van der Waals surface area (Å²) in [4.78, 5) is 5.16. The summed E-state index contributed by atoms with van der Waals surface area (Å²) < 4.78 is 15.0. The molecule has 0 atom stereocenters. The van der Waals surface area contributed by atoms with Gasteiger partial charge in [0.2, 0.25) is 0 Å². The first-order chi connectivity index (χ1) is 20.7. The molecule has 0 N–H and O–H groups in total. The van der Waals surface area contributed by atoms with Gasteiger partial charge in [0.25, 0.3) is 0 Å². The molecular weight excluding hydrogens is 529 g/mol. The van der Waals surface area contributed by atoms with Crippen molar-refractivity contribution in [1.82, 2.24) is 4.98 Å². The summed E-state index contributed by atoms with van der Waals surface area (Å²) in [6.45, 7) is 0. The van der Waals surface area contributed by atoms with E-state index in [-0.39, 0.29) is 0 Å². The van der Waals surface area contributed by atoms with Crippen molar-refractivity contribution in [2.45, 2.75) is 0 Å². The van der Waals surface area contributed by atoms with E-state index in [9.17, 15) is 0 Å². The Labute approximate surface area is 244 Å². The van der Waals surface area contributed by atoms with Crippen molar-refractivity contribution < 1.29 is 4.57 Å². The third-order valence-electron chi connectivity index (χ3n) is 8.31. The Hall–Kier alpha value is -5.04. The van der Waals surface area contributed by atoms with E-state index in [1.54, 1.807) is 0 Å². The normalized spacial score (nSPS) is 11.9. The Morgan fingerprint density at radius 2 is 0.833 bits per heavy atom. The molecule has 0 unspecified atom stereocenters. The molecule has 198 valence electrons. The molecule has 8 rings (SSSR count). The van der Waals surface area contributed by atoms with Crippen molar-refractivity contribution in [3.8, 4) is 11.1 Å². The molecule has 0 saturated carbocycles. The number of aromatic nitrogens is 1. The SMILES string of the molecule is O=P(c1ccccc1)(c1ccccc1)c1ccc(-c2c3c(ccc4ccccc43)nc3ccc4ccccc4c23)cc1. The first-order valence-corrected chi connectivity index (χ1v) is 15.9. The number of nitrogens with zero attached hydrogens (tertiary/aromatic N) is 1. The number of hydrogen-bond donors (Lipinski definition) is 0. The summed E-state index contributed by atoms with van der Waals surface area (Å²) in [5.41, 5.74) is 4.17. The van der Waals surface area contributed by atoms with E-state index in [4.69, 9.17) is 4.98 Å². The minimum atomic E-state index is -3.07. The second kappa shape index (κ2) is 9.80. The highest BCUT2D eigenvalue weighted by atomic mass is 31.2. The van der Waals surface area contributed by atoms with Crippen molar-refractivity contribution in [3.05, 3.63) is 158 Å². The quantitative estimate of drug-likeness (QED) is 0.123. The molecule has 3 heteroatoms. The zero-order valence-electron chi connectivity index (χ0n) is 22.8. The molecule has 2 nitrogen and oxygen atoms in total. The molecule has 0 radical (unpaired) electrons. The van der Waals surface area contributed by atoms with Gasteiger partial charge < -0.3 is 4.57 Å². The number of fused-ring (bicyclic) bond motifs is 6. The fourth-order valence-corrected chi connectivity index (χ4v) is 8.98. The molecule has 0 spiro atoms. The smallest absolute Gasteiger partial charge is 0.171 e. The van der Waals surface area contributed by atoms with Crippen LogP contribution in [-0.4, -0.2) is 4.98 Å². The zero-order chi connectivity index (χ0) is 28.1. The average molecular weight is 556 g/mol. The van der Waals surface area contributed by atoms with Gasteiger partial charge in [-0.2, -0.15) is 0 Å². The van der Waals surface area contributed by atoms with Crippen LogP contribution in [0.2, 0.25) is 0 Å². The van der Waals surface area contributed by atoms with E-state index < -0.39 is 7.14 Å². The Bertz CT molecular complexity index is 2170. The average Bonchev–Trinajstić information content (AvgIpc) is 3.07. The second-order valence-electron chi connectivity index (χ2n) is 10.7. The van der Waals surface area contributed by atoms with Crippen LogP contribution in [0.1, 0.15) is 0 Å². The molecule has 1 aromatic heterocycles. The van der Waals surface area contributed by atoms with Gasteiger partial charge in [-0.15, -0.1) is 0 Å². The van der Waals surface area contributed by atoms with Gasteiger partial charge in [0, 0.05) is 32.2 Å². The predicted molar refractivity (Wildman–Crippen MR) is 179 cm³/mol. The van der Waals surface area contributed by atoms with Gasteiger partial charge in [-0.3, -0.25) is 0 Å². The standard InChI is InChI=1S/C39H26NOP/c41-42(30-13-3-1-4-14-30,31-15-5-2-6-16-31)32-23-19-29(20-24-32)37-38-33-17-9-7-11-27(33)21-25-35(38)40-36-26-22-28-12-8-10-18-34(28)39(36)37/h1-26H. The Morgan fingerprint density at radius 3 is 1.33 bits per heavy atom. The molecule has 8 aromatic rings. The van der Waals surface area contributed by atoms with Crippen LogP contribution in [0.5, 0.6) is 0 Å². The maximum atomic E-state index is 15.0. The lowest BCUT2D eigenvalue weighted by atomic mass is 9.90. The zero-order valence-corrected chi connectivity index (χ0v) is 23.7. The molecule has 0 aliphatic rings. The summed E-state index contributed by atoms with van der Waals surface area (Å²) in [5.74, 6) is 0. The van der Waals surface area contributed by atoms with Gasteiger partial charge in [-0.1, -0.05) is 146 Å². The van der Waals surface area contributed by atoms with Crippen LogP contribution in [0.25, 0.3) is 54.5 Å². The van der Waals surface area contributed by atoms with Crippen molar-refractivity contribution in [3.63, 3.8) is 0 Å². The van der Waals surface area contributed by atoms with E-state index in [1.807, 2.05) is 60.7 Å². The topological polar surface area (TPSA) is 30.0 Å². The minimum absolute atomic E-state index is 0.820. The fourth-order valence-electron chi connectivity index (χ4n) is 6.34. The van der Waals surface area contributed by atoms with Gasteiger partial charge in [0.1, 0.15) is 0 Å². The molecule has 0 saturated heterocycles. The van der Waals surface area contributed by atoms with Gasteiger partial charge in [-0.25, -0.2) is 4.98 Å². The van der Waals surface area contributed by atoms with Crippen LogP contribution < -0.4 is 15.9 Å². The van der Waals surface area contributed by atoms with Gasteiger partial charge in [0.05, 0.1) is 11.0 Å². The summed E-state index contributed by atoms with van der Waals surface area (Å²) in [6.07, 6.45) is 0. The number of benzene rings is 7. The lowest BCUT2D eigenvalue weighted by Crippen LogP contribution is -2.24. The van der Waals surface area contributed by atoms with Crippen molar-refractivity contribution in [2.75, 3.05) is 0 Å². The largest absolute Gasteiger partial charge is 0.309 e. The molecule has 1 heterocycles. The highest BCUT2D eigenvalue weighted by Crippen LogP contribution is 2.45. The second-order valence-corrected chi connectivity index (χ2v) is 13.4. The van der Waals surface area contributed by atoms with Gasteiger partial charge in [-0.05, 0) is 39.2 Å². The van der Waals surface area contributed by atoms with Crippen molar-refractivity contribution in [1.29, 1.82) is 0 Å². The molecule has 0 amide bonds. The first-order valence-electron chi connectivity index (χ1n) is 14.2. The maximum absolute atomic E-state index is 15.0. The molecule has 0 fully saturated rings. The van der Waals surface area contributed by atoms with Crippen LogP contribution >= 0.6 is 7.14 Å². The third kappa shape index (κ3) is 3.80. The lowest BCUT2D eigenvalue weighted by Gasteiger charge is -2.21. The Kier molecular flexibility index (Phi) is 5.77. The van der Waals surface area contributed by atoms with Crippen LogP contribution in [0.15, 0.2) is 158 Å². The van der Waals surface area contributed by atoms with E-state index >= 15 is 4.57 Å². The minimum Gasteiger partial charge on any atom is -0.309 e. The predicted octanol–water partition coefficient (Wildman–Crippen LogP) is 9.00. The van der Waals surface area contributed by atoms with E-state index in [1.165, 1.54) is 21.5 Å². The monoisotopic (exact) mass is 555 g/mol. The lowest BCUT2D eigenvalue weighted by molar-refractivity contribution is 0.592. The summed E-state index contributed by atoms with van der Waals surface area (Å²) in [7, 11) is -3.07. The number of pyridine rings is 1.